The number of benzene rings is 4. The molecule has 6 atom stereocenters. The zero-order chi connectivity index (χ0) is 52.2. The van der Waals surface area contributed by atoms with Gasteiger partial charge in [-0.1, -0.05) is 91.5 Å². The lowest BCUT2D eigenvalue weighted by atomic mass is 9.97. The first-order valence-electron chi connectivity index (χ1n) is 25.8. The zero-order valence-corrected chi connectivity index (χ0v) is 42.5. The molecule has 2 fully saturated rings. The van der Waals surface area contributed by atoms with E-state index >= 15 is 0 Å². The van der Waals surface area contributed by atoms with E-state index in [1.807, 2.05) is 59.5 Å². The van der Waals surface area contributed by atoms with E-state index in [9.17, 15) is 27.6 Å². The van der Waals surface area contributed by atoms with E-state index in [0.717, 1.165) is 62.9 Å². The molecule has 4 aliphatic rings. The highest BCUT2D eigenvalue weighted by molar-refractivity contribution is 6.03. The number of hydrogen-bond acceptors (Lipinski definition) is 10. The molecule has 4 aromatic carbocycles. The lowest BCUT2D eigenvalue weighted by molar-refractivity contribution is -0.199. The quantitative estimate of drug-likeness (QED) is 0.0303. The molecule has 0 aromatic heterocycles. The smallest absolute Gasteiger partial charge is 0.474 e. The number of oxime groups is 1. The molecule has 0 aliphatic carbocycles. The topological polar surface area (TPSA) is 180 Å². The van der Waals surface area contributed by atoms with Crippen LogP contribution in [0.25, 0.3) is 0 Å². The number of carbonyl (C=O) groups excluding carboxylic acids is 3. The Balaban J connectivity index is 0.000000218. The average Bonchev–Trinajstić information content (AvgIpc) is 3.37. The second-order valence-electron chi connectivity index (χ2n) is 19.8. The minimum atomic E-state index is -5.20. The first-order valence-corrected chi connectivity index (χ1v) is 25.8. The van der Waals surface area contributed by atoms with Crippen LogP contribution in [0.2, 0.25) is 0 Å². The van der Waals surface area contributed by atoms with Gasteiger partial charge >= 0.3 is 12.1 Å². The lowest BCUT2D eigenvalue weighted by Crippen LogP contribution is -2.44. The van der Waals surface area contributed by atoms with Crippen molar-refractivity contribution in [2.24, 2.45) is 16.6 Å². The fraction of sp³-hybridized carbons (Fsp3) is 0.482. The van der Waals surface area contributed by atoms with E-state index in [2.05, 4.69) is 47.5 Å². The van der Waals surface area contributed by atoms with Crippen LogP contribution in [-0.2, 0) is 19.2 Å². The molecule has 14 nitrogen and oxygen atoms in total. The summed E-state index contributed by atoms with van der Waals surface area (Å²) in [5.74, 6) is -2.00. The van der Waals surface area contributed by atoms with E-state index < -0.39 is 30.2 Å². The number of para-hydroxylation sites is 4. The summed E-state index contributed by atoms with van der Waals surface area (Å²) >= 11 is 0. The van der Waals surface area contributed by atoms with Gasteiger partial charge in [0.05, 0.1) is 11.4 Å². The molecule has 2 unspecified atom stereocenters. The second kappa shape index (κ2) is 25.0. The van der Waals surface area contributed by atoms with E-state index in [0.29, 0.717) is 65.6 Å². The van der Waals surface area contributed by atoms with Crippen LogP contribution < -0.4 is 30.7 Å². The van der Waals surface area contributed by atoms with Crippen LogP contribution in [0.3, 0.4) is 0 Å². The normalized spacial score (nSPS) is 22.5. The number of ether oxygens (including phenoxy) is 2. The number of halogens is 3. The van der Waals surface area contributed by atoms with Gasteiger partial charge in [0.1, 0.15) is 17.3 Å². The predicted octanol–water partition coefficient (Wildman–Crippen LogP) is 10.2. The maximum Gasteiger partial charge on any atom is 0.493 e. The number of fused-ring (bicyclic) bond motifs is 2. The molecule has 5 N–H and O–H groups in total. The van der Waals surface area contributed by atoms with E-state index in [-0.39, 0.29) is 23.2 Å². The van der Waals surface area contributed by atoms with Crippen LogP contribution in [0, 0.1) is 5.41 Å². The number of nitrogens with one attached hydrogen (secondary N) is 1. The highest BCUT2D eigenvalue weighted by Gasteiger charge is 2.42. The Labute approximate surface area is 427 Å². The van der Waals surface area contributed by atoms with Gasteiger partial charge in [-0.3, -0.25) is 24.8 Å². The second-order valence-corrected chi connectivity index (χ2v) is 19.8. The summed E-state index contributed by atoms with van der Waals surface area (Å²) in [5.41, 5.74) is 14.9. The number of likely N-dealkylation sites (tertiary alicyclic amines) is 2. The van der Waals surface area contributed by atoms with Gasteiger partial charge in [0.15, 0.2) is 5.84 Å². The van der Waals surface area contributed by atoms with Crippen molar-refractivity contribution in [3.63, 3.8) is 0 Å². The van der Waals surface area contributed by atoms with Gasteiger partial charge in [-0.05, 0) is 129 Å². The lowest BCUT2D eigenvalue weighted by Gasteiger charge is -2.39. The van der Waals surface area contributed by atoms with Gasteiger partial charge in [0.2, 0.25) is 12.2 Å². The Kier molecular flexibility index (Phi) is 18.6. The Morgan fingerprint density at radius 1 is 0.616 bits per heavy atom. The van der Waals surface area contributed by atoms with Gasteiger partial charge in [-0.15, -0.1) is 0 Å². The largest absolute Gasteiger partial charge is 0.493 e. The van der Waals surface area contributed by atoms with Crippen molar-refractivity contribution in [3.05, 3.63) is 119 Å². The van der Waals surface area contributed by atoms with Crippen LogP contribution in [0.1, 0.15) is 139 Å². The molecule has 0 bridgehead atoms. The molecule has 17 heteroatoms. The Hall–Kier alpha value is -6.46. The van der Waals surface area contributed by atoms with Crippen molar-refractivity contribution in [2.75, 3.05) is 36.0 Å². The van der Waals surface area contributed by atoms with Crippen LogP contribution in [0.4, 0.5) is 24.5 Å². The van der Waals surface area contributed by atoms with Crippen molar-refractivity contribution < 1.29 is 41.9 Å². The predicted molar refractivity (Wildman–Crippen MR) is 278 cm³/mol. The number of rotatable bonds is 17. The summed E-state index contributed by atoms with van der Waals surface area (Å²) in [5, 5.41) is 10.8. The van der Waals surface area contributed by atoms with Gasteiger partial charge in [0, 0.05) is 59.5 Å². The molecule has 2 saturated heterocycles. The van der Waals surface area contributed by atoms with Gasteiger partial charge in [-0.25, -0.2) is 4.79 Å². The number of nitrogens with two attached hydrogens (primary N) is 2. The zero-order valence-electron chi connectivity index (χ0n) is 42.5. The van der Waals surface area contributed by atoms with Crippen LogP contribution in [-0.4, -0.2) is 95.8 Å². The molecule has 2 amide bonds. The number of amidine groups is 2. The van der Waals surface area contributed by atoms with E-state index in [1.54, 1.807) is 35.2 Å². The molecule has 4 heterocycles. The number of unbranched alkanes of at least 4 members (excludes halogenated alkanes) is 4. The molecule has 4 aromatic rings. The van der Waals surface area contributed by atoms with Crippen LogP contribution in [0.15, 0.2) is 102 Å². The van der Waals surface area contributed by atoms with Crippen molar-refractivity contribution in [1.82, 2.24) is 9.80 Å². The van der Waals surface area contributed by atoms with Crippen molar-refractivity contribution >= 4 is 40.8 Å². The van der Waals surface area contributed by atoms with Gasteiger partial charge in [-0.2, -0.15) is 13.2 Å². The summed E-state index contributed by atoms with van der Waals surface area (Å²) in [7, 11) is 0. The monoisotopic (exact) mass is 1010 g/mol. The van der Waals surface area contributed by atoms with Crippen molar-refractivity contribution in [2.45, 2.75) is 147 Å². The molecule has 73 heavy (non-hydrogen) atoms. The Bertz CT molecular complexity index is 2560. The third kappa shape index (κ3) is 13.8. The molecule has 4 aliphatic heterocycles. The minimum Gasteiger partial charge on any atom is -0.474 e. The molecule has 0 spiro atoms. The van der Waals surface area contributed by atoms with Crippen molar-refractivity contribution in [3.8, 4) is 11.5 Å². The maximum absolute atomic E-state index is 13.6. The number of anilines is 2. The minimum absolute atomic E-state index is 0.0188. The van der Waals surface area contributed by atoms with Gasteiger partial charge in [0.25, 0.3) is 11.8 Å². The number of hydrogen-bond donors (Lipinski definition) is 3. The van der Waals surface area contributed by atoms with Crippen LogP contribution in [0.5, 0.6) is 11.5 Å². The fourth-order valence-corrected chi connectivity index (χ4v) is 10.6. The summed E-state index contributed by atoms with van der Waals surface area (Å²) in [6, 6.07) is 31.0. The first kappa shape index (κ1) is 54.3. The molecule has 0 radical (unpaired) electrons. The third-order valence-electron chi connectivity index (χ3n) is 14.6. The van der Waals surface area contributed by atoms with Gasteiger partial charge < -0.3 is 35.6 Å². The fourth-order valence-electron chi connectivity index (χ4n) is 10.6. The average molecular weight is 1010 g/mol. The summed E-state index contributed by atoms with van der Waals surface area (Å²) in [4.78, 5) is 50.8. The van der Waals surface area contributed by atoms with Crippen molar-refractivity contribution in [1.29, 1.82) is 5.41 Å². The first-order chi connectivity index (χ1) is 35.0. The standard InChI is InChI=1S/C29H35F3N4O4.C27H36N4O2/c1-19-10-8-11-20(2)35(19)16-6-3-7-17-36-23-14-4-5-15-24(23)39-25(27(36)37)21-12-9-13-22(18-21)26(33)34-40-28(38)29(30,31)32;1-19-10-8-11-20(2)30(19)16-6-3-7-17-31-23-14-4-5-15-24(23)33-25(27(31)32)21-12-9-13-22(18-21)26(28)29/h4-5,9,12-15,18-20,25H,3,6-8,10-11,16-17H2,1-2H3,(H2,33,34);4-5,9,12-15,18-20,25H,3,6-8,10-11,16-17H2,1-2H3,(H3,28,29)/t2*19-,20+,25?. The number of carbonyl (C=O) groups is 3. The van der Waals surface area contributed by atoms with E-state index in [4.69, 9.17) is 26.4 Å². The molecule has 0 saturated carbocycles. The maximum atomic E-state index is 13.6. The number of nitrogens with zero attached hydrogens (tertiary/aromatic N) is 5. The number of nitrogen functional groups attached to an aromatic ring is 1. The Morgan fingerprint density at radius 3 is 1.47 bits per heavy atom. The highest BCUT2D eigenvalue weighted by atomic mass is 19.4. The summed E-state index contributed by atoms with van der Waals surface area (Å²) in [6.07, 6.45) is 6.84. The molecule has 8 rings (SSSR count). The number of piperidine rings is 2. The third-order valence-corrected chi connectivity index (χ3v) is 14.6. The van der Waals surface area contributed by atoms with E-state index in [1.165, 1.54) is 50.7 Å². The number of amides is 2. The molecular weight excluding hydrogens is 938 g/mol. The summed E-state index contributed by atoms with van der Waals surface area (Å²) in [6.45, 7) is 12.7. The SMILES string of the molecule is C[C@@H]1CCC[C@H](C)N1CCCCCN1C(=O)C(c2cccc(C(=N)N)c2)Oc2ccccc21.C[C@@H]1CCC[C@H](C)N1CCCCCN1C(=O)C(c2cccc(C(N)=NOC(=O)C(F)(F)F)c2)Oc2ccccc21. The molecular formula is C56H71F3N8O6. The number of alkyl halides is 3. The van der Waals surface area contributed by atoms with Crippen LogP contribution >= 0.6 is 0 Å². The Morgan fingerprint density at radius 2 is 1.03 bits per heavy atom. The molecule has 392 valence electrons. The highest BCUT2D eigenvalue weighted by Crippen LogP contribution is 2.41. The summed E-state index contributed by atoms with van der Waals surface area (Å²) < 4.78 is 49.4.